The molecular formula is C17H17FN2O. The summed E-state index contributed by atoms with van der Waals surface area (Å²) in [7, 11) is 0. The molecule has 0 fully saturated rings. The van der Waals surface area contributed by atoms with Gasteiger partial charge in [0.05, 0.1) is 11.7 Å². The van der Waals surface area contributed by atoms with Crippen LogP contribution in [-0.2, 0) is 6.42 Å². The molecule has 0 aliphatic heterocycles. The molecule has 1 aliphatic rings. The standard InChI is InChI=1S/C17H17FN2O/c1-17(2)8-15-13(16(21)9-17)5-6-20(15)12-3-4-14(18)11(7-12)10-19/h3-7,16,21H,8-9H2,1-2H3. The Labute approximate surface area is 123 Å². The van der Waals surface area contributed by atoms with Crippen molar-refractivity contribution in [2.45, 2.75) is 32.8 Å². The Morgan fingerprint density at radius 3 is 2.86 bits per heavy atom. The number of hydrogen-bond acceptors (Lipinski definition) is 2. The molecule has 0 saturated heterocycles. The zero-order valence-corrected chi connectivity index (χ0v) is 12.1. The lowest BCUT2D eigenvalue weighted by molar-refractivity contribution is 0.0987. The fourth-order valence-corrected chi connectivity index (χ4v) is 3.12. The van der Waals surface area contributed by atoms with Gasteiger partial charge in [-0.3, -0.25) is 0 Å². The first-order chi connectivity index (χ1) is 9.91. The van der Waals surface area contributed by atoms with Crippen LogP contribution in [0, 0.1) is 22.6 Å². The number of hydrogen-bond donors (Lipinski definition) is 1. The van der Waals surface area contributed by atoms with Gasteiger partial charge >= 0.3 is 0 Å². The second-order valence-electron chi connectivity index (χ2n) is 6.42. The molecule has 3 rings (SSSR count). The summed E-state index contributed by atoms with van der Waals surface area (Å²) >= 11 is 0. The predicted molar refractivity (Wildman–Crippen MR) is 77.5 cm³/mol. The Balaban J connectivity index is 2.12. The molecule has 1 N–H and O–H groups in total. The van der Waals surface area contributed by atoms with Crippen molar-refractivity contribution in [3.63, 3.8) is 0 Å². The molecule has 3 nitrogen and oxygen atoms in total. The maximum absolute atomic E-state index is 13.5. The van der Waals surface area contributed by atoms with Gasteiger partial charge in [0.1, 0.15) is 11.9 Å². The summed E-state index contributed by atoms with van der Waals surface area (Å²) in [6, 6.07) is 8.28. The Morgan fingerprint density at radius 2 is 2.14 bits per heavy atom. The number of aliphatic hydroxyl groups is 1. The minimum absolute atomic E-state index is 0.0145. The summed E-state index contributed by atoms with van der Waals surface area (Å²) < 4.78 is 15.4. The molecule has 0 amide bonds. The van der Waals surface area contributed by atoms with E-state index in [0.717, 1.165) is 29.8 Å². The first-order valence-corrected chi connectivity index (χ1v) is 6.99. The van der Waals surface area contributed by atoms with Gasteiger partial charge in [-0.15, -0.1) is 0 Å². The second-order valence-corrected chi connectivity index (χ2v) is 6.42. The lowest BCUT2D eigenvalue weighted by Gasteiger charge is -2.34. The molecule has 2 aromatic rings. The summed E-state index contributed by atoms with van der Waals surface area (Å²) in [6.07, 6.45) is 2.98. The number of rotatable bonds is 1. The minimum Gasteiger partial charge on any atom is -0.388 e. The van der Waals surface area contributed by atoms with Gasteiger partial charge in [0, 0.05) is 23.1 Å². The van der Waals surface area contributed by atoms with Crippen LogP contribution >= 0.6 is 0 Å². The van der Waals surface area contributed by atoms with Crippen LogP contribution in [0.1, 0.15) is 43.2 Å². The Hall–Kier alpha value is -2.12. The fourth-order valence-electron chi connectivity index (χ4n) is 3.12. The van der Waals surface area contributed by atoms with E-state index < -0.39 is 11.9 Å². The third kappa shape index (κ3) is 2.34. The fraction of sp³-hybridized carbons (Fsp3) is 0.353. The van der Waals surface area contributed by atoms with E-state index in [1.807, 2.05) is 22.9 Å². The highest BCUT2D eigenvalue weighted by Gasteiger charge is 2.33. The van der Waals surface area contributed by atoms with Crippen LogP contribution in [0.2, 0.25) is 0 Å². The third-order valence-corrected chi connectivity index (χ3v) is 4.13. The monoisotopic (exact) mass is 284 g/mol. The summed E-state index contributed by atoms with van der Waals surface area (Å²) in [5.41, 5.74) is 2.76. The smallest absolute Gasteiger partial charge is 0.141 e. The molecule has 1 aromatic heterocycles. The molecule has 1 heterocycles. The van der Waals surface area contributed by atoms with Crippen LogP contribution in [0.15, 0.2) is 30.5 Å². The van der Waals surface area contributed by atoms with Crippen LogP contribution in [0.5, 0.6) is 0 Å². The molecule has 1 aromatic carbocycles. The maximum Gasteiger partial charge on any atom is 0.141 e. The molecular weight excluding hydrogens is 267 g/mol. The molecule has 0 radical (unpaired) electrons. The molecule has 108 valence electrons. The lowest BCUT2D eigenvalue weighted by Crippen LogP contribution is -2.26. The van der Waals surface area contributed by atoms with E-state index in [2.05, 4.69) is 13.8 Å². The lowest BCUT2D eigenvalue weighted by atomic mass is 9.75. The van der Waals surface area contributed by atoms with Crippen molar-refractivity contribution in [1.82, 2.24) is 4.57 Å². The predicted octanol–water partition coefficient (Wildman–Crippen LogP) is 3.49. The molecule has 21 heavy (non-hydrogen) atoms. The van der Waals surface area contributed by atoms with E-state index in [9.17, 15) is 9.50 Å². The molecule has 1 unspecified atom stereocenters. The van der Waals surface area contributed by atoms with E-state index in [4.69, 9.17) is 5.26 Å². The Morgan fingerprint density at radius 1 is 1.38 bits per heavy atom. The van der Waals surface area contributed by atoms with Gasteiger partial charge in [-0.25, -0.2) is 4.39 Å². The van der Waals surface area contributed by atoms with Crippen molar-refractivity contribution in [3.05, 3.63) is 53.1 Å². The minimum atomic E-state index is -0.511. The van der Waals surface area contributed by atoms with Crippen LogP contribution in [0.4, 0.5) is 4.39 Å². The van der Waals surface area contributed by atoms with Gasteiger partial charge in [0.15, 0.2) is 0 Å². The van der Waals surface area contributed by atoms with Gasteiger partial charge in [0.2, 0.25) is 0 Å². The molecule has 4 heteroatoms. The number of nitriles is 1. The third-order valence-electron chi connectivity index (χ3n) is 4.13. The first kappa shape index (κ1) is 13.8. The summed E-state index contributed by atoms with van der Waals surface area (Å²) in [5.74, 6) is -0.511. The topological polar surface area (TPSA) is 49.0 Å². The van der Waals surface area contributed by atoms with Crippen molar-refractivity contribution in [3.8, 4) is 11.8 Å². The Bertz CT molecular complexity index is 740. The van der Waals surface area contributed by atoms with E-state index >= 15 is 0 Å². The highest BCUT2D eigenvalue weighted by molar-refractivity contribution is 5.46. The molecule has 0 bridgehead atoms. The van der Waals surface area contributed by atoms with Crippen molar-refractivity contribution in [2.75, 3.05) is 0 Å². The number of benzene rings is 1. The van der Waals surface area contributed by atoms with Crippen molar-refractivity contribution < 1.29 is 9.50 Å². The maximum atomic E-state index is 13.5. The zero-order chi connectivity index (χ0) is 15.2. The summed E-state index contributed by atoms with van der Waals surface area (Å²) in [6.45, 7) is 4.25. The van der Waals surface area contributed by atoms with E-state index in [-0.39, 0.29) is 11.0 Å². The number of halogens is 1. The van der Waals surface area contributed by atoms with Crippen molar-refractivity contribution in [1.29, 1.82) is 5.26 Å². The van der Waals surface area contributed by atoms with Gasteiger partial charge < -0.3 is 9.67 Å². The highest BCUT2D eigenvalue weighted by atomic mass is 19.1. The Kier molecular flexibility index (Phi) is 3.11. The zero-order valence-electron chi connectivity index (χ0n) is 12.1. The molecule has 0 saturated carbocycles. The molecule has 1 atom stereocenters. The van der Waals surface area contributed by atoms with Crippen LogP contribution in [0.3, 0.4) is 0 Å². The van der Waals surface area contributed by atoms with Gasteiger partial charge in [-0.1, -0.05) is 13.8 Å². The largest absolute Gasteiger partial charge is 0.388 e. The van der Waals surface area contributed by atoms with E-state index in [0.29, 0.717) is 0 Å². The number of nitrogens with zero attached hydrogens (tertiary/aromatic N) is 2. The summed E-state index contributed by atoms with van der Waals surface area (Å²) in [5, 5.41) is 19.2. The van der Waals surface area contributed by atoms with E-state index in [1.54, 1.807) is 12.1 Å². The molecule has 1 aliphatic carbocycles. The quantitative estimate of drug-likeness (QED) is 0.871. The normalized spacial score (nSPS) is 19.9. The number of aliphatic hydroxyl groups excluding tert-OH is 1. The average Bonchev–Trinajstić information content (AvgIpc) is 2.82. The first-order valence-electron chi connectivity index (χ1n) is 6.99. The highest BCUT2D eigenvalue weighted by Crippen LogP contribution is 2.41. The van der Waals surface area contributed by atoms with Crippen LogP contribution in [-0.4, -0.2) is 9.67 Å². The molecule has 0 spiro atoms. The van der Waals surface area contributed by atoms with Crippen LogP contribution in [0.25, 0.3) is 5.69 Å². The van der Waals surface area contributed by atoms with E-state index in [1.165, 1.54) is 6.07 Å². The van der Waals surface area contributed by atoms with Crippen molar-refractivity contribution in [2.24, 2.45) is 5.41 Å². The number of fused-ring (bicyclic) bond motifs is 1. The number of aromatic nitrogens is 1. The summed E-state index contributed by atoms with van der Waals surface area (Å²) in [4.78, 5) is 0. The van der Waals surface area contributed by atoms with Gasteiger partial charge in [-0.05, 0) is 42.5 Å². The van der Waals surface area contributed by atoms with Gasteiger partial charge in [0.25, 0.3) is 0 Å². The van der Waals surface area contributed by atoms with Crippen molar-refractivity contribution >= 4 is 0 Å². The average molecular weight is 284 g/mol. The van der Waals surface area contributed by atoms with Crippen LogP contribution < -0.4 is 0 Å². The second kappa shape index (κ2) is 4.71. The van der Waals surface area contributed by atoms with Gasteiger partial charge in [-0.2, -0.15) is 5.26 Å². The SMILES string of the molecule is CC1(C)Cc2c(ccn2-c2ccc(F)c(C#N)c2)C(O)C1.